The Morgan fingerprint density at radius 3 is 2.67 bits per heavy atom. The Balaban J connectivity index is 2.29. The predicted molar refractivity (Wildman–Crippen MR) is 48.8 cm³/mol. The molecule has 0 N–H and O–H groups in total. The van der Waals surface area contributed by atoms with E-state index in [-0.39, 0.29) is 0 Å². The average Bonchev–Trinajstić information content (AvgIpc) is 2.14. The van der Waals surface area contributed by atoms with Crippen LogP contribution in [0.25, 0.3) is 10.4 Å². The smallest absolute Gasteiger partial charge is 0.0261 e. The van der Waals surface area contributed by atoms with Crippen molar-refractivity contribution in [1.82, 2.24) is 0 Å². The maximum atomic E-state index is 8.02. The highest BCUT2D eigenvalue weighted by Crippen LogP contribution is 2.01. The summed E-state index contributed by atoms with van der Waals surface area (Å²) in [4.78, 5) is 2.69. The second kappa shape index (κ2) is 5.22. The van der Waals surface area contributed by atoms with Crippen molar-refractivity contribution in [2.45, 2.75) is 12.8 Å². The van der Waals surface area contributed by atoms with Gasteiger partial charge in [0.1, 0.15) is 0 Å². The minimum absolute atomic E-state index is 0.589. The molecule has 0 bridgehead atoms. The molecule has 1 rings (SSSR count). The highest BCUT2D eigenvalue weighted by molar-refractivity contribution is 5.14. The molecular weight excluding hydrogens is 150 g/mol. The molecule has 0 aliphatic rings. The third kappa shape index (κ3) is 3.08. The minimum atomic E-state index is 0.589. The predicted octanol–water partition coefficient (Wildman–Crippen LogP) is 2.93. The van der Waals surface area contributed by atoms with Gasteiger partial charge in [0.2, 0.25) is 0 Å². The summed E-state index contributed by atoms with van der Waals surface area (Å²) in [5, 5.41) is 3.47. The van der Waals surface area contributed by atoms with Crippen molar-refractivity contribution in [3.05, 3.63) is 46.3 Å². The Labute approximate surface area is 71.7 Å². The number of rotatable bonds is 4. The van der Waals surface area contributed by atoms with Gasteiger partial charge < -0.3 is 0 Å². The summed E-state index contributed by atoms with van der Waals surface area (Å²) in [6.07, 6.45) is 1.91. The number of hydrogen-bond donors (Lipinski definition) is 0. The molecule has 0 aromatic heterocycles. The third-order valence-corrected chi connectivity index (χ3v) is 1.63. The molecule has 62 valence electrons. The summed E-state index contributed by atoms with van der Waals surface area (Å²) in [6.45, 7) is 0.589. The van der Waals surface area contributed by atoms with Crippen LogP contribution in [0.3, 0.4) is 0 Å². The Morgan fingerprint density at radius 2 is 2.00 bits per heavy atom. The molecule has 3 nitrogen and oxygen atoms in total. The molecule has 0 spiro atoms. The van der Waals surface area contributed by atoms with Crippen LogP contribution in [0.15, 0.2) is 35.4 Å². The van der Waals surface area contributed by atoms with E-state index in [1.165, 1.54) is 5.56 Å². The molecule has 0 atom stereocenters. The molecule has 3 heteroatoms. The lowest BCUT2D eigenvalue weighted by atomic mass is 10.1. The molecule has 0 radical (unpaired) electrons. The van der Waals surface area contributed by atoms with E-state index < -0.39 is 0 Å². The molecule has 0 aliphatic heterocycles. The van der Waals surface area contributed by atoms with Gasteiger partial charge in [-0.3, -0.25) is 0 Å². The monoisotopic (exact) mass is 161 g/mol. The second-order valence-electron chi connectivity index (χ2n) is 2.54. The highest BCUT2D eigenvalue weighted by atomic mass is 15.1. The van der Waals surface area contributed by atoms with Gasteiger partial charge in [-0.1, -0.05) is 35.4 Å². The first kappa shape index (κ1) is 8.62. The number of aryl methyl sites for hydroxylation is 1. The lowest BCUT2D eigenvalue weighted by Crippen LogP contribution is -1.86. The molecule has 0 unspecified atom stereocenters. The maximum absolute atomic E-state index is 8.02. The van der Waals surface area contributed by atoms with Crippen LogP contribution in [0.5, 0.6) is 0 Å². The molecule has 0 saturated heterocycles. The molecule has 1 aromatic carbocycles. The third-order valence-electron chi connectivity index (χ3n) is 1.63. The summed E-state index contributed by atoms with van der Waals surface area (Å²) in [5.41, 5.74) is 9.32. The molecule has 0 saturated carbocycles. The van der Waals surface area contributed by atoms with Gasteiger partial charge in [-0.15, -0.1) is 0 Å². The summed E-state index contributed by atoms with van der Waals surface area (Å²) < 4.78 is 0. The SMILES string of the molecule is [N-]=[N+]=NCCCc1ccccc1. The summed E-state index contributed by atoms with van der Waals surface area (Å²) in [5.74, 6) is 0. The highest BCUT2D eigenvalue weighted by Gasteiger charge is 1.89. The topological polar surface area (TPSA) is 48.8 Å². The summed E-state index contributed by atoms with van der Waals surface area (Å²) >= 11 is 0. The average molecular weight is 161 g/mol. The van der Waals surface area contributed by atoms with Crippen molar-refractivity contribution < 1.29 is 0 Å². The van der Waals surface area contributed by atoms with Crippen LogP contribution in [0.1, 0.15) is 12.0 Å². The molecular formula is C9H11N3. The van der Waals surface area contributed by atoms with Gasteiger partial charge in [-0.25, -0.2) is 0 Å². The van der Waals surface area contributed by atoms with E-state index in [2.05, 4.69) is 22.2 Å². The van der Waals surface area contributed by atoms with E-state index in [4.69, 9.17) is 5.53 Å². The first-order chi connectivity index (χ1) is 5.93. The first-order valence-corrected chi connectivity index (χ1v) is 3.98. The van der Waals surface area contributed by atoms with Crippen LogP contribution in [0.2, 0.25) is 0 Å². The fraction of sp³-hybridized carbons (Fsp3) is 0.333. The van der Waals surface area contributed by atoms with Crippen LogP contribution in [0, 0.1) is 0 Å². The van der Waals surface area contributed by atoms with Crippen molar-refractivity contribution in [3.63, 3.8) is 0 Å². The number of hydrogen-bond acceptors (Lipinski definition) is 1. The Bertz CT molecular complexity index is 262. The number of nitrogens with zero attached hydrogens (tertiary/aromatic N) is 3. The van der Waals surface area contributed by atoms with Gasteiger partial charge in [-0.2, -0.15) is 0 Å². The van der Waals surface area contributed by atoms with E-state index in [1.807, 2.05) is 18.2 Å². The lowest BCUT2D eigenvalue weighted by molar-refractivity contribution is 0.827. The standard InChI is InChI=1S/C9H11N3/c10-12-11-8-4-7-9-5-2-1-3-6-9/h1-3,5-6H,4,7-8H2. The van der Waals surface area contributed by atoms with Crippen molar-refractivity contribution in [2.75, 3.05) is 6.54 Å². The zero-order valence-electron chi connectivity index (χ0n) is 6.85. The van der Waals surface area contributed by atoms with E-state index in [0.29, 0.717) is 6.54 Å². The number of benzene rings is 1. The van der Waals surface area contributed by atoms with Crippen LogP contribution in [0.4, 0.5) is 0 Å². The van der Waals surface area contributed by atoms with Crippen molar-refractivity contribution in [1.29, 1.82) is 0 Å². The van der Waals surface area contributed by atoms with Gasteiger partial charge in [-0.05, 0) is 23.9 Å². The number of azide groups is 1. The van der Waals surface area contributed by atoms with Crippen LogP contribution in [-0.4, -0.2) is 6.54 Å². The van der Waals surface area contributed by atoms with Gasteiger partial charge in [0.25, 0.3) is 0 Å². The first-order valence-electron chi connectivity index (χ1n) is 3.98. The van der Waals surface area contributed by atoms with Crippen LogP contribution in [-0.2, 0) is 6.42 Å². The van der Waals surface area contributed by atoms with E-state index in [0.717, 1.165) is 12.8 Å². The quantitative estimate of drug-likeness (QED) is 0.282. The Morgan fingerprint density at radius 1 is 1.25 bits per heavy atom. The molecule has 0 amide bonds. The largest absolute Gasteiger partial charge is 0.0940 e. The summed E-state index contributed by atoms with van der Waals surface area (Å²) in [7, 11) is 0. The fourth-order valence-corrected chi connectivity index (χ4v) is 1.04. The van der Waals surface area contributed by atoms with Gasteiger partial charge in [0.05, 0.1) is 0 Å². The van der Waals surface area contributed by atoms with Gasteiger partial charge >= 0.3 is 0 Å². The van der Waals surface area contributed by atoms with Crippen molar-refractivity contribution >= 4 is 0 Å². The van der Waals surface area contributed by atoms with Crippen LogP contribution >= 0.6 is 0 Å². The van der Waals surface area contributed by atoms with Gasteiger partial charge in [0, 0.05) is 11.5 Å². The molecule has 0 aliphatic carbocycles. The zero-order valence-corrected chi connectivity index (χ0v) is 6.85. The molecule has 1 aromatic rings. The zero-order chi connectivity index (χ0) is 8.65. The lowest BCUT2D eigenvalue weighted by Gasteiger charge is -1.96. The van der Waals surface area contributed by atoms with E-state index in [1.54, 1.807) is 0 Å². The minimum Gasteiger partial charge on any atom is -0.0940 e. The van der Waals surface area contributed by atoms with E-state index >= 15 is 0 Å². The van der Waals surface area contributed by atoms with Crippen molar-refractivity contribution in [2.24, 2.45) is 5.11 Å². The molecule has 0 fully saturated rings. The van der Waals surface area contributed by atoms with Crippen molar-refractivity contribution in [3.8, 4) is 0 Å². The molecule has 12 heavy (non-hydrogen) atoms. The Hall–Kier alpha value is -1.47. The maximum Gasteiger partial charge on any atom is 0.0261 e. The fourth-order valence-electron chi connectivity index (χ4n) is 1.04. The Kier molecular flexibility index (Phi) is 3.75. The second-order valence-corrected chi connectivity index (χ2v) is 2.54. The summed E-state index contributed by atoms with van der Waals surface area (Å²) in [6, 6.07) is 10.2. The van der Waals surface area contributed by atoms with Crippen LogP contribution < -0.4 is 0 Å². The normalized spacial score (nSPS) is 9.00. The van der Waals surface area contributed by atoms with Gasteiger partial charge in [0.15, 0.2) is 0 Å². The molecule has 0 heterocycles. The van der Waals surface area contributed by atoms with E-state index in [9.17, 15) is 0 Å².